The van der Waals surface area contributed by atoms with E-state index in [1.54, 1.807) is 23.3 Å². The summed E-state index contributed by atoms with van der Waals surface area (Å²) in [5.74, 6) is 0.623. The van der Waals surface area contributed by atoms with Crippen molar-refractivity contribution in [1.29, 1.82) is 0 Å². The highest BCUT2D eigenvalue weighted by Gasteiger charge is 2.36. The van der Waals surface area contributed by atoms with Gasteiger partial charge in [-0.2, -0.15) is 0 Å². The molecule has 1 aromatic rings. The maximum Gasteiger partial charge on any atom is 0.276 e. The number of nitrogens with one attached hydrogen (secondary N) is 1. The quantitative estimate of drug-likeness (QED) is 0.666. The van der Waals surface area contributed by atoms with Crippen molar-refractivity contribution in [2.75, 3.05) is 0 Å². The summed E-state index contributed by atoms with van der Waals surface area (Å²) in [7, 11) is 0. The van der Waals surface area contributed by atoms with Crippen molar-refractivity contribution in [3.63, 3.8) is 0 Å². The van der Waals surface area contributed by atoms with Gasteiger partial charge in [-0.1, -0.05) is 19.3 Å². The van der Waals surface area contributed by atoms with Crippen LogP contribution in [0.25, 0.3) is 6.08 Å². The van der Waals surface area contributed by atoms with Gasteiger partial charge < -0.3 is 9.73 Å². The van der Waals surface area contributed by atoms with Gasteiger partial charge in [-0.15, -0.1) is 0 Å². The Morgan fingerprint density at radius 3 is 2.84 bits per heavy atom. The molecule has 0 unspecified atom stereocenters. The fourth-order valence-corrected chi connectivity index (χ4v) is 3.08. The topological polar surface area (TPSA) is 45.5 Å². The Balaban J connectivity index is 1.80. The number of nitrogens with zero attached hydrogens (tertiary/aromatic N) is 1. The van der Waals surface area contributed by atoms with E-state index in [0.717, 1.165) is 12.8 Å². The minimum absolute atomic E-state index is 0.0340. The van der Waals surface area contributed by atoms with E-state index in [2.05, 4.69) is 5.32 Å². The first kappa shape index (κ1) is 12.4. The number of amides is 1. The van der Waals surface area contributed by atoms with Crippen molar-refractivity contribution >= 4 is 29.3 Å². The second-order valence-corrected chi connectivity index (χ2v) is 5.36. The first-order valence-corrected chi connectivity index (χ1v) is 7.06. The third kappa shape index (κ3) is 2.42. The maximum absolute atomic E-state index is 12.4. The van der Waals surface area contributed by atoms with E-state index in [1.165, 1.54) is 19.3 Å². The van der Waals surface area contributed by atoms with E-state index >= 15 is 0 Å². The van der Waals surface area contributed by atoms with Crippen LogP contribution in [0, 0.1) is 0 Å². The van der Waals surface area contributed by atoms with Crippen LogP contribution in [0.3, 0.4) is 0 Å². The summed E-state index contributed by atoms with van der Waals surface area (Å²) in [4.78, 5) is 14.1. The Morgan fingerprint density at radius 1 is 1.37 bits per heavy atom. The molecule has 2 fully saturated rings. The summed E-state index contributed by atoms with van der Waals surface area (Å²) in [6, 6.07) is 3.86. The van der Waals surface area contributed by atoms with Crippen LogP contribution >= 0.6 is 12.2 Å². The fraction of sp³-hybridized carbons (Fsp3) is 0.429. The lowest BCUT2D eigenvalue weighted by atomic mass is 9.94. The predicted molar refractivity (Wildman–Crippen MR) is 76.1 cm³/mol. The molecule has 1 saturated heterocycles. The Hall–Kier alpha value is -1.62. The molecule has 1 aromatic heterocycles. The van der Waals surface area contributed by atoms with Gasteiger partial charge in [0.15, 0.2) is 5.11 Å². The van der Waals surface area contributed by atoms with Gasteiger partial charge in [0.2, 0.25) is 0 Å². The molecule has 0 spiro atoms. The smallest absolute Gasteiger partial charge is 0.276 e. The Morgan fingerprint density at radius 2 is 2.16 bits per heavy atom. The lowest BCUT2D eigenvalue weighted by Gasteiger charge is -2.29. The van der Waals surface area contributed by atoms with Gasteiger partial charge in [0.25, 0.3) is 5.91 Å². The number of hydrogen-bond acceptors (Lipinski definition) is 3. The molecule has 3 rings (SSSR count). The molecule has 2 aliphatic rings. The number of furan rings is 1. The molecule has 1 saturated carbocycles. The zero-order valence-corrected chi connectivity index (χ0v) is 11.4. The van der Waals surface area contributed by atoms with Gasteiger partial charge in [0, 0.05) is 12.1 Å². The molecule has 0 aromatic carbocycles. The zero-order chi connectivity index (χ0) is 13.2. The molecule has 1 aliphatic carbocycles. The minimum Gasteiger partial charge on any atom is -0.465 e. The normalized spacial score (nSPS) is 23.2. The van der Waals surface area contributed by atoms with Crippen LogP contribution in [0.4, 0.5) is 0 Å². The Labute approximate surface area is 117 Å². The summed E-state index contributed by atoms with van der Waals surface area (Å²) in [5, 5.41) is 3.52. The van der Waals surface area contributed by atoms with Crippen molar-refractivity contribution < 1.29 is 9.21 Å². The first-order valence-electron chi connectivity index (χ1n) is 6.65. The van der Waals surface area contributed by atoms with Crippen LogP contribution < -0.4 is 5.32 Å². The Kier molecular flexibility index (Phi) is 3.38. The van der Waals surface area contributed by atoms with E-state index < -0.39 is 0 Å². The van der Waals surface area contributed by atoms with Crippen molar-refractivity contribution in [3.05, 3.63) is 29.9 Å². The van der Waals surface area contributed by atoms with E-state index in [0.29, 0.717) is 16.6 Å². The molecule has 100 valence electrons. The van der Waals surface area contributed by atoms with Crippen LogP contribution in [0.15, 0.2) is 28.5 Å². The molecule has 0 radical (unpaired) electrons. The van der Waals surface area contributed by atoms with Gasteiger partial charge >= 0.3 is 0 Å². The van der Waals surface area contributed by atoms with Crippen LogP contribution in [0.2, 0.25) is 0 Å². The van der Waals surface area contributed by atoms with Crippen molar-refractivity contribution in [2.24, 2.45) is 0 Å². The van der Waals surface area contributed by atoms with E-state index in [9.17, 15) is 4.79 Å². The minimum atomic E-state index is -0.0340. The number of rotatable bonds is 2. The highest BCUT2D eigenvalue weighted by molar-refractivity contribution is 7.80. The number of carbonyl (C=O) groups is 1. The molecule has 4 nitrogen and oxygen atoms in total. The van der Waals surface area contributed by atoms with Crippen molar-refractivity contribution in [3.8, 4) is 0 Å². The molecule has 1 aliphatic heterocycles. The first-order chi connectivity index (χ1) is 9.25. The summed E-state index contributed by atoms with van der Waals surface area (Å²) in [5.41, 5.74) is 0.505. The third-order valence-corrected chi connectivity index (χ3v) is 3.98. The van der Waals surface area contributed by atoms with Gasteiger partial charge in [-0.05, 0) is 37.2 Å². The van der Waals surface area contributed by atoms with Crippen LogP contribution in [0.5, 0.6) is 0 Å². The highest BCUT2D eigenvalue weighted by Crippen LogP contribution is 2.26. The monoisotopic (exact) mass is 276 g/mol. The van der Waals surface area contributed by atoms with Gasteiger partial charge in [-0.3, -0.25) is 9.69 Å². The standard InChI is InChI=1S/C14H16N2O2S/c17-13-12(9-11-7-4-8-18-11)15-14(19)16(13)10-5-2-1-3-6-10/h4,7-10H,1-3,5-6H2,(H,15,19)/b12-9+. The molecule has 0 atom stereocenters. The van der Waals surface area contributed by atoms with Crippen molar-refractivity contribution in [1.82, 2.24) is 10.2 Å². The van der Waals surface area contributed by atoms with E-state index in [-0.39, 0.29) is 11.9 Å². The largest absolute Gasteiger partial charge is 0.465 e. The summed E-state index contributed by atoms with van der Waals surface area (Å²) in [6.07, 6.45) is 8.99. The number of thiocarbonyl (C=S) groups is 1. The number of hydrogen-bond donors (Lipinski definition) is 1. The molecule has 1 amide bonds. The molecule has 2 heterocycles. The molecule has 1 N–H and O–H groups in total. The average Bonchev–Trinajstić information content (AvgIpc) is 3.01. The molecule has 19 heavy (non-hydrogen) atoms. The van der Waals surface area contributed by atoms with Crippen molar-refractivity contribution in [2.45, 2.75) is 38.1 Å². The highest BCUT2D eigenvalue weighted by atomic mass is 32.1. The van der Waals surface area contributed by atoms with Gasteiger partial charge in [0.05, 0.1) is 6.26 Å². The summed E-state index contributed by atoms with van der Waals surface area (Å²) in [6.45, 7) is 0. The van der Waals surface area contributed by atoms with Crippen LogP contribution in [0.1, 0.15) is 37.9 Å². The molecule has 0 bridgehead atoms. The zero-order valence-electron chi connectivity index (χ0n) is 10.6. The Bertz CT molecular complexity index is 516. The lowest BCUT2D eigenvalue weighted by molar-refractivity contribution is -0.124. The van der Waals surface area contributed by atoms with E-state index in [1.807, 2.05) is 6.07 Å². The maximum atomic E-state index is 12.4. The second kappa shape index (κ2) is 5.17. The summed E-state index contributed by atoms with van der Waals surface area (Å²) < 4.78 is 5.23. The average molecular weight is 276 g/mol. The third-order valence-electron chi connectivity index (χ3n) is 3.68. The van der Waals surface area contributed by atoms with E-state index in [4.69, 9.17) is 16.6 Å². The molecule has 5 heteroatoms. The molecular weight excluding hydrogens is 260 g/mol. The molecular formula is C14H16N2O2S. The van der Waals surface area contributed by atoms with Crippen LogP contribution in [-0.2, 0) is 4.79 Å². The van der Waals surface area contributed by atoms with Gasteiger partial charge in [0.1, 0.15) is 11.5 Å². The van der Waals surface area contributed by atoms with Crippen LogP contribution in [-0.4, -0.2) is 22.0 Å². The predicted octanol–water partition coefficient (Wildman–Crippen LogP) is 2.67. The number of carbonyl (C=O) groups excluding carboxylic acids is 1. The SMILES string of the molecule is O=C1/C(=C\c2ccco2)NC(=S)N1C1CCCCC1. The second-order valence-electron chi connectivity index (χ2n) is 4.97. The fourth-order valence-electron chi connectivity index (χ4n) is 2.74. The van der Waals surface area contributed by atoms with Gasteiger partial charge in [-0.25, -0.2) is 0 Å². The summed E-state index contributed by atoms with van der Waals surface area (Å²) >= 11 is 5.29. The lowest BCUT2D eigenvalue weighted by Crippen LogP contribution is -2.41.